The molecule has 0 aliphatic carbocycles. The number of carbonyl (C=O) groups excluding carboxylic acids is 2. The molecule has 0 bridgehead atoms. The number of methoxy groups -OCH3 is 1. The minimum atomic E-state index is -1.02. The number of ether oxygens (including phenoxy) is 2. The number of nitrogens with zero attached hydrogens (tertiary/aromatic N) is 1. The van der Waals surface area contributed by atoms with Gasteiger partial charge in [-0.05, 0) is 31.2 Å². The Morgan fingerprint density at radius 1 is 1.39 bits per heavy atom. The largest absolute Gasteiger partial charge is 0.467 e. The number of carbonyl (C=O) groups is 2. The summed E-state index contributed by atoms with van der Waals surface area (Å²) in [6.07, 6.45) is 2.64. The van der Waals surface area contributed by atoms with Crippen LogP contribution in [0.4, 0.5) is 4.79 Å². The fourth-order valence-electron chi connectivity index (χ4n) is 3.13. The van der Waals surface area contributed by atoms with Crippen LogP contribution in [-0.2, 0) is 20.9 Å². The van der Waals surface area contributed by atoms with Gasteiger partial charge in [-0.25, -0.2) is 9.59 Å². The number of amides is 1. The summed E-state index contributed by atoms with van der Waals surface area (Å²) >= 11 is 0. The highest BCUT2D eigenvalue weighted by Gasteiger charge is 2.53. The molecule has 2 atom stereocenters. The van der Waals surface area contributed by atoms with E-state index in [1.165, 1.54) is 12.0 Å². The minimum absolute atomic E-state index is 0.0169. The van der Waals surface area contributed by atoms with E-state index >= 15 is 0 Å². The van der Waals surface area contributed by atoms with Crippen molar-refractivity contribution in [2.45, 2.75) is 31.9 Å². The van der Waals surface area contributed by atoms with E-state index < -0.39 is 17.6 Å². The van der Waals surface area contributed by atoms with Gasteiger partial charge in [-0.15, -0.1) is 6.58 Å². The van der Waals surface area contributed by atoms with Crippen molar-refractivity contribution in [2.75, 3.05) is 13.7 Å². The van der Waals surface area contributed by atoms with Crippen LogP contribution in [0.2, 0.25) is 0 Å². The van der Waals surface area contributed by atoms with E-state index in [0.29, 0.717) is 13.0 Å². The van der Waals surface area contributed by atoms with Crippen LogP contribution in [0.25, 0.3) is 0 Å². The summed E-state index contributed by atoms with van der Waals surface area (Å²) in [7, 11) is 1.34. The lowest BCUT2D eigenvalue weighted by Crippen LogP contribution is -2.54. The van der Waals surface area contributed by atoms with Gasteiger partial charge < -0.3 is 9.47 Å². The second kappa shape index (κ2) is 7.31. The first-order valence-corrected chi connectivity index (χ1v) is 7.71. The summed E-state index contributed by atoms with van der Waals surface area (Å²) in [5, 5.41) is 0. The van der Waals surface area contributed by atoms with Gasteiger partial charge in [-0.1, -0.05) is 36.4 Å². The average molecular weight is 317 g/mol. The third-order valence-electron chi connectivity index (χ3n) is 4.53. The minimum Gasteiger partial charge on any atom is -0.467 e. The van der Waals surface area contributed by atoms with E-state index in [2.05, 4.69) is 6.58 Å². The Morgan fingerprint density at radius 2 is 2.09 bits per heavy atom. The highest BCUT2D eigenvalue weighted by molar-refractivity contribution is 5.86. The molecule has 0 unspecified atom stereocenters. The lowest BCUT2D eigenvalue weighted by atomic mass is 9.84. The Morgan fingerprint density at radius 3 is 2.70 bits per heavy atom. The van der Waals surface area contributed by atoms with Crippen LogP contribution in [0.1, 0.15) is 25.3 Å². The number of rotatable bonds is 5. The van der Waals surface area contributed by atoms with E-state index in [9.17, 15) is 9.59 Å². The van der Waals surface area contributed by atoms with Gasteiger partial charge in [0.1, 0.15) is 12.1 Å². The van der Waals surface area contributed by atoms with Crippen LogP contribution < -0.4 is 0 Å². The Kier molecular flexibility index (Phi) is 5.42. The maximum Gasteiger partial charge on any atom is 0.411 e. The molecule has 1 saturated heterocycles. The van der Waals surface area contributed by atoms with Gasteiger partial charge in [0.25, 0.3) is 0 Å². The lowest BCUT2D eigenvalue weighted by Gasteiger charge is -2.35. The predicted octanol–water partition coefficient (Wildman–Crippen LogP) is 3.15. The van der Waals surface area contributed by atoms with Crippen molar-refractivity contribution in [3.05, 3.63) is 48.6 Å². The van der Waals surface area contributed by atoms with E-state index in [1.54, 1.807) is 13.0 Å². The van der Waals surface area contributed by atoms with Crippen molar-refractivity contribution >= 4 is 12.1 Å². The van der Waals surface area contributed by atoms with Gasteiger partial charge >= 0.3 is 12.1 Å². The molecule has 1 aromatic rings. The second-order valence-electron chi connectivity index (χ2n) is 5.84. The molecular formula is C18H23NO4. The molecule has 0 saturated carbocycles. The third kappa shape index (κ3) is 3.38. The van der Waals surface area contributed by atoms with Crippen molar-refractivity contribution in [3.8, 4) is 0 Å². The van der Waals surface area contributed by atoms with E-state index in [-0.39, 0.29) is 12.5 Å². The molecule has 1 aromatic carbocycles. The molecule has 124 valence electrons. The van der Waals surface area contributed by atoms with Gasteiger partial charge in [0.05, 0.1) is 7.11 Å². The molecule has 1 heterocycles. The van der Waals surface area contributed by atoms with Gasteiger partial charge in [0, 0.05) is 6.54 Å². The Hall–Kier alpha value is -2.30. The first-order chi connectivity index (χ1) is 11.0. The highest BCUT2D eigenvalue weighted by atomic mass is 16.6. The number of likely N-dealkylation sites (tertiary alicyclic amines) is 1. The van der Waals surface area contributed by atoms with Crippen LogP contribution in [0.5, 0.6) is 0 Å². The predicted molar refractivity (Wildman–Crippen MR) is 86.7 cm³/mol. The summed E-state index contributed by atoms with van der Waals surface area (Å²) in [4.78, 5) is 26.3. The van der Waals surface area contributed by atoms with Gasteiger partial charge in [-0.3, -0.25) is 4.90 Å². The molecule has 0 spiro atoms. The summed E-state index contributed by atoms with van der Waals surface area (Å²) in [5.41, 5.74) is -0.112. The average Bonchev–Trinajstić information content (AvgIpc) is 2.91. The summed E-state index contributed by atoms with van der Waals surface area (Å²) in [6, 6.07) is 9.45. The number of hydrogen-bond acceptors (Lipinski definition) is 4. The molecule has 5 heteroatoms. The summed E-state index contributed by atoms with van der Waals surface area (Å²) in [5.74, 6) is -0.435. The topological polar surface area (TPSA) is 55.8 Å². The number of allylic oxidation sites excluding steroid dienone is 1. The monoisotopic (exact) mass is 317 g/mol. The normalized spacial score (nSPS) is 23.4. The van der Waals surface area contributed by atoms with Crippen molar-refractivity contribution in [1.29, 1.82) is 0 Å². The van der Waals surface area contributed by atoms with Crippen LogP contribution in [0.15, 0.2) is 43.0 Å². The maximum atomic E-state index is 12.5. The SMILES string of the molecule is C=CC[C@@H]1CCN(C(=O)OCc2ccccc2)[C@@]1(C)C(=O)OC. The van der Waals surface area contributed by atoms with Gasteiger partial charge in [-0.2, -0.15) is 0 Å². The molecule has 2 rings (SSSR count). The van der Waals surface area contributed by atoms with E-state index in [0.717, 1.165) is 12.0 Å². The van der Waals surface area contributed by atoms with Crippen molar-refractivity contribution in [1.82, 2.24) is 4.90 Å². The van der Waals surface area contributed by atoms with Crippen LogP contribution >= 0.6 is 0 Å². The van der Waals surface area contributed by atoms with Crippen LogP contribution in [-0.4, -0.2) is 36.2 Å². The molecule has 1 aliphatic rings. The molecule has 1 fully saturated rings. The Labute approximate surface area is 136 Å². The molecule has 1 aliphatic heterocycles. The first kappa shape index (κ1) is 17.1. The second-order valence-corrected chi connectivity index (χ2v) is 5.84. The zero-order chi connectivity index (χ0) is 16.9. The van der Waals surface area contributed by atoms with Gasteiger partial charge in [0.2, 0.25) is 0 Å². The number of esters is 1. The molecule has 0 radical (unpaired) electrons. The number of benzene rings is 1. The summed E-state index contributed by atoms with van der Waals surface area (Å²) < 4.78 is 10.3. The van der Waals surface area contributed by atoms with Crippen molar-refractivity contribution in [3.63, 3.8) is 0 Å². The fraction of sp³-hybridized carbons (Fsp3) is 0.444. The zero-order valence-electron chi connectivity index (χ0n) is 13.7. The maximum absolute atomic E-state index is 12.5. The molecule has 1 amide bonds. The van der Waals surface area contributed by atoms with Crippen LogP contribution in [0, 0.1) is 5.92 Å². The molecule has 5 nitrogen and oxygen atoms in total. The Balaban J connectivity index is 2.11. The van der Waals surface area contributed by atoms with Crippen molar-refractivity contribution in [2.24, 2.45) is 5.92 Å². The molecule has 23 heavy (non-hydrogen) atoms. The third-order valence-corrected chi connectivity index (χ3v) is 4.53. The molecular weight excluding hydrogens is 294 g/mol. The number of hydrogen-bond donors (Lipinski definition) is 0. The van der Waals surface area contributed by atoms with E-state index in [1.807, 2.05) is 30.3 Å². The first-order valence-electron chi connectivity index (χ1n) is 7.71. The summed E-state index contributed by atoms with van der Waals surface area (Å²) in [6.45, 7) is 6.12. The standard InChI is InChI=1S/C18H23NO4/c1-4-8-15-11-12-19(18(15,2)16(20)22-3)17(21)23-13-14-9-6-5-7-10-14/h4-7,9-10,15H,1,8,11-13H2,2-3H3/t15-,18-/m1/s1. The van der Waals surface area contributed by atoms with E-state index in [4.69, 9.17) is 9.47 Å². The lowest BCUT2D eigenvalue weighted by molar-refractivity contribution is -0.153. The smallest absolute Gasteiger partial charge is 0.411 e. The Bertz CT molecular complexity index is 572. The molecule has 0 aromatic heterocycles. The molecule has 0 N–H and O–H groups in total. The van der Waals surface area contributed by atoms with Gasteiger partial charge in [0.15, 0.2) is 0 Å². The quantitative estimate of drug-likeness (QED) is 0.618. The van der Waals surface area contributed by atoms with Crippen LogP contribution in [0.3, 0.4) is 0 Å². The fourth-order valence-corrected chi connectivity index (χ4v) is 3.13. The highest BCUT2D eigenvalue weighted by Crippen LogP contribution is 2.38. The zero-order valence-corrected chi connectivity index (χ0v) is 13.7. The van der Waals surface area contributed by atoms with Crippen molar-refractivity contribution < 1.29 is 19.1 Å².